The van der Waals surface area contributed by atoms with E-state index < -0.39 is 23.8 Å². The summed E-state index contributed by atoms with van der Waals surface area (Å²) in [5.74, 6) is -0.833. The number of methoxy groups -OCH3 is 2. The molecule has 1 unspecified atom stereocenters. The van der Waals surface area contributed by atoms with Crippen LogP contribution in [0.25, 0.3) is 10.6 Å². The third-order valence-corrected chi connectivity index (χ3v) is 4.77. The van der Waals surface area contributed by atoms with Crippen LogP contribution in [-0.4, -0.2) is 55.3 Å². The van der Waals surface area contributed by atoms with E-state index >= 15 is 0 Å². The molecule has 0 saturated heterocycles. The molecule has 1 aromatic heterocycles. The molecule has 27 heavy (non-hydrogen) atoms. The first-order valence-electron chi connectivity index (χ1n) is 7.84. The van der Waals surface area contributed by atoms with Gasteiger partial charge < -0.3 is 20.1 Å². The largest absolute Gasteiger partial charge is 0.497 e. The maximum absolute atomic E-state index is 12.4. The first kappa shape index (κ1) is 20.7. The van der Waals surface area contributed by atoms with E-state index in [-0.39, 0.29) is 18.0 Å². The van der Waals surface area contributed by atoms with Crippen LogP contribution in [0.3, 0.4) is 0 Å². The Morgan fingerprint density at radius 2 is 1.93 bits per heavy atom. The van der Waals surface area contributed by atoms with Crippen molar-refractivity contribution in [3.63, 3.8) is 0 Å². The summed E-state index contributed by atoms with van der Waals surface area (Å²) in [6.07, 6.45) is 0. The van der Waals surface area contributed by atoms with Gasteiger partial charge in [0.2, 0.25) is 5.91 Å². The van der Waals surface area contributed by atoms with Crippen molar-refractivity contribution in [2.75, 3.05) is 26.5 Å². The topological polar surface area (TPSA) is 107 Å². The lowest BCUT2D eigenvalue weighted by molar-refractivity contribution is -0.141. The first-order valence-corrected chi connectivity index (χ1v) is 9.36. The number of amides is 2. The van der Waals surface area contributed by atoms with Gasteiger partial charge in [-0.3, -0.25) is 14.4 Å². The van der Waals surface area contributed by atoms with Gasteiger partial charge in [0.15, 0.2) is 0 Å². The van der Waals surface area contributed by atoms with E-state index in [2.05, 4.69) is 33.0 Å². The molecule has 2 amide bonds. The molecule has 1 heterocycles. The summed E-state index contributed by atoms with van der Waals surface area (Å²) >= 11 is 5.38. The second kappa shape index (κ2) is 9.93. The van der Waals surface area contributed by atoms with Gasteiger partial charge in [-0.25, -0.2) is 4.98 Å². The fraction of sp³-hybridized carbons (Fsp3) is 0.294. The molecule has 0 radical (unpaired) electrons. The number of thiol groups is 1. The zero-order valence-electron chi connectivity index (χ0n) is 14.7. The lowest BCUT2D eigenvalue weighted by Crippen LogP contribution is -2.49. The molecule has 0 aliphatic rings. The average Bonchev–Trinajstić information content (AvgIpc) is 3.20. The first-order chi connectivity index (χ1) is 13.0. The fourth-order valence-corrected chi connectivity index (χ4v) is 3.09. The third-order valence-electron chi connectivity index (χ3n) is 3.51. The Morgan fingerprint density at radius 3 is 2.52 bits per heavy atom. The van der Waals surface area contributed by atoms with E-state index in [0.717, 1.165) is 11.3 Å². The Bertz CT molecular complexity index is 807. The van der Waals surface area contributed by atoms with E-state index in [1.807, 2.05) is 12.1 Å². The van der Waals surface area contributed by atoms with Crippen molar-refractivity contribution in [1.29, 1.82) is 0 Å². The van der Waals surface area contributed by atoms with Crippen molar-refractivity contribution in [3.05, 3.63) is 35.3 Å². The summed E-state index contributed by atoms with van der Waals surface area (Å²) < 4.78 is 9.56. The van der Waals surface area contributed by atoms with Gasteiger partial charge in [0, 0.05) is 16.7 Å². The van der Waals surface area contributed by atoms with Gasteiger partial charge in [-0.15, -0.1) is 11.3 Å². The van der Waals surface area contributed by atoms with Gasteiger partial charge in [-0.05, 0) is 24.3 Å². The van der Waals surface area contributed by atoms with E-state index in [1.54, 1.807) is 24.6 Å². The number of esters is 1. The molecule has 2 N–H and O–H groups in total. The SMILES string of the molecule is COC(=O)CNC(=O)C(CS)NC(=O)c1csc(-c2ccc(OC)cc2)n1. The number of benzene rings is 1. The van der Waals surface area contributed by atoms with Crippen LogP contribution in [0.2, 0.25) is 0 Å². The maximum Gasteiger partial charge on any atom is 0.325 e. The van der Waals surface area contributed by atoms with E-state index in [1.165, 1.54) is 18.4 Å². The molecule has 0 aliphatic heterocycles. The van der Waals surface area contributed by atoms with E-state index in [4.69, 9.17) is 4.74 Å². The molecule has 10 heteroatoms. The molecule has 8 nitrogen and oxygen atoms in total. The highest BCUT2D eigenvalue weighted by molar-refractivity contribution is 7.80. The molecular formula is C17H19N3O5S2. The number of hydrogen-bond donors (Lipinski definition) is 3. The van der Waals surface area contributed by atoms with Crippen LogP contribution in [-0.2, 0) is 14.3 Å². The second-order valence-corrected chi connectivity index (χ2v) is 6.49. The summed E-state index contributed by atoms with van der Waals surface area (Å²) in [7, 11) is 2.80. The summed E-state index contributed by atoms with van der Waals surface area (Å²) in [5, 5.41) is 7.20. The molecule has 2 rings (SSSR count). The molecule has 0 aliphatic carbocycles. The summed E-state index contributed by atoms with van der Waals surface area (Å²) in [4.78, 5) is 39.8. The van der Waals surface area contributed by atoms with Gasteiger partial charge >= 0.3 is 5.97 Å². The van der Waals surface area contributed by atoms with Crippen LogP contribution in [0.4, 0.5) is 0 Å². The smallest absolute Gasteiger partial charge is 0.325 e. The number of carbonyl (C=O) groups excluding carboxylic acids is 3. The highest BCUT2D eigenvalue weighted by Crippen LogP contribution is 2.25. The Labute approximate surface area is 165 Å². The Balaban J connectivity index is 2.01. The predicted molar refractivity (Wildman–Crippen MR) is 104 cm³/mol. The summed E-state index contributed by atoms with van der Waals surface area (Å²) in [6.45, 7) is -0.284. The maximum atomic E-state index is 12.4. The van der Waals surface area contributed by atoms with Crippen LogP contribution in [0.1, 0.15) is 10.5 Å². The van der Waals surface area contributed by atoms with Crippen molar-refractivity contribution in [3.8, 4) is 16.3 Å². The minimum Gasteiger partial charge on any atom is -0.497 e. The zero-order valence-corrected chi connectivity index (χ0v) is 16.4. The highest BCUT2D eigenvalue weighted by Gasteiger charge is 2.22. The number of nitrogens with zero attached hydrogens (tertiary/aromatic N) is 1. The van der Waals surface area contributed by atoms with E-state index in [9.17, 15) is 14.4 Å². The number of nitrogens with one attached hydrogen (secondary N) is 2. The molecule has 2 aromatic rings. The van der Waals surface area contributed by atoms with Gasteiger partial charge in [0.25, 0.3) is 5.91 Å². The molecule has 144 valence electrons. The van der Waals surface area contributed by atoms with Crippen molar-refractivity contribution < 1.29 is 23.9 Å². The van der Waals surface area contributed by atoms with Crippen LogP contribution in [0.5, 0.6) is 5.75 Å². The minimum atomic E-state index is -0.906. The number of carbonyl (C=O) groups is 3. The fourth-order valence-electron chi connectivity index (χ4n) is 2.03. The zero-order chi connectivity index (χ0) is 19.8. The van der Waals surface area contributed by atoms with Crippen LogP contribution < -0.4 is 15.4 Å². The average molecular weight is 409 g/mol. The Hall–Kier alpha value is -2.59. The lowest BCUT2D eigenvalue weighted by Gasteiger charge is -2.15. The summed E-state index contributed by atoms with van der Waals surface area (Å²) in [6, 6.07) is 6.39. The molecule has 0 fully saturated rings. The number of hydrogen-bond acceptors (Lipinski definition) is 8. The van der Waals surface area contributed by atoms with Crippen molar-refractivity contribution >= 4 is 41.7 Å². The number of aromatic nitrogens is 1. The molecule has 1 atom stereocenters. The molecule has 0 spiro atoms. The van der Waals surface area contributed by atoms with E-state index in [0.29, 0.717) is 5.01 Å². The number of rotatable bonds is 8. The normalized spacial score (nSPS) is 11.4. The van der Waals surface area contributed by atoms with Gasteiger partial charge in [0.05, 0.1) is 14.2 Å². The Kier molecular flexibility index (Phi) is 7.62. The lowest BCUT2D eigenvalue weighted by atomic mass is 10.2. The Morgan fingerprint density at radius 1 is 1.22 bits per heavy atom. The molecule has 0 bridgehead atoms. The van der Waals surface area contributed by atoms with Crippen LogP contribution in [0.15, 0.2) is 29.6 Å². The van der Waals surface area contributed by atoms with Crippen LogP contribution >= 0.6 is 24.0 Å². The predicted octanol–water partition coefficient (Wildman–Crippen LogP) is 1.14. The monoisotopic (exact) mass is 409 g/mol. The number of thiazole rings is 1. The standard InChI is InChI=1S/C17H19N3O5S2/c1-24-11-5-3-10(4-6-11)17-20-13(9-27-17)16(23)19-12(8-26)15(22)18-7-14(21)25-2/h3-6,9,12,26H,7-8H2,1-2H3,(H,18,22)(H,19,23). The van der Waals surface area contributed by atoms with Gasteiger partial charge in [-0.2, -0.15) is 12.6 Å². The third kappa shape index (κ3) is 5.69. The van der Waals surface area contributed by atoms with Crippen molar-refractivity contribution in [2.24, 2.45) is 0 Å². The molecular weight excluding hydrogens is 390 g/mol. The quantitative estimate of drug-likeness (QED) is 0.446. The van der Waals surface area contributed by atoms with Crippen molar-refractivity contribution in [1.82, 2.24) is 15.6 Å². The minimum absolute atomic E-state index is 0.0637. The van der Waals surface area contributed by atoms with Gasteiger partial charge in [0.1, 0.15) is 29.0 Å². The molecule has 0 saturated carbocycles. The number of ether oxygens (including phenoxy) is 2. The summed E-state index contributed by atoms with van der Waals surface area (Å²) in [5.41, 5.74) is 1.04. The second-order valence-electron chi connectivity index (χ2n) is 5.27. The van der Waals surface area contributed by atoms with Gasteiger partial charge in [-0.1, -0.05) is 0 Å². The van der Waals surface area contributed by atoms with Crippen LogP contribution in [0, 0.1) is 0 Å². The highest BCUT2D eigenvalue weighted by atomic mass is 32.1. The molecule has 1 aromatic carbocycles. The van der Waals surface area contributed by atoms with Crippen molar-refractivity contribution in [2.45, 2.75) is 6.04 Å².